The van der Waals surface area contributed by atoms with Gasteiger partial charge in [0.1, 0.15) is 0 Å². The molecule has 5 rings (SSSR count). The maximum Gasteiger partial charge on any atom is 0.228 e. The Morgan fingerprint density at radius 1 is 0.889 bits per heavy atom. The molecule has 0 radical (unpaired) electrons. The van der Waals surface area contributed by atoms with E-state index < -0.39 is 0 Å². The predicted octanol–water partition coefficient (Wildman–Crippen LogP) is 5.74. The summed E-state index contributed by atoms with van der Waals surface area (Å²) in [6.07, 6.45) is 0.886. The number of anilines is 1. The Kier molecular flexibility index (Phi) is 3.51. The second kappa shape index (κ2) is 5.82. The highest BCUT2D eigenvalue weighted by atomic mass is 16.2. The van der Waals surface area contributed by atoms with Crippen molar-refractivity contribution < 1.29 is 4.79 Å². The third-order valence-electron chi connectivity index (χ3n) is 6.23. The lowest BCUT2D eigenvalue weighted by molar-refractivity contribution is -0.117. The van der Waals surface area contributed by atoms with Gasteiger partial charge in [0, 0.05) is 11.1 Å². The van der Waals surface area contributed by atoms with Crippen LogP contribution >= 0.6 is 0 Å². The molecule has 0 saturated heterocycles. The first-order valence-electron chi connectivity index (χ1n) is 9.71. The van der Waals surface area contributed by atoms with Gasteiger partial charge in [-0.2, -0.15) is 0 Å². The van der Waals surface area contributed by atoms with Gasteiger partial charge in [-0.05, 0) is 52.3 Å². The Hall–Kier alpha value is -2.87. The van der Waals surface area contributed by atoms with Gasteiger partial charge in [0.05, 0.1) is 5.92 Å². The summed E-state index contributed by atoms with van der Waals surface area (Å²) in [6, 6.07) is 25.3. The Labute approximate surface area is 160 Å². The smallest absolute Gasteiger partial charge is 0.228 e. The van der Waals surface area contributed by atoms with Gasteiger partial charge in [0.25, 0.3) is 0 Å². The molecule has 0 aliphatic heterocycles. The molecule has 1 unspecified atom stereocenters. The van der Waals surface area contributed by atoms with Gasteiger partial charge in [-0.15, -0.1) is 0 Å². The second-order valence-corrected chi connectivity index (χ2v) is 8.09. The lowest BCUT2D eigenvalue weighted by Crippen LogP contribution is -2.20. The molecule has 3 aromatic carbocycles. The first kappa shape index (κ1) is 16.3. The number of hydrogen-bond donors (Lipinski definition) is 1. The van der Waals surface area contributed by atoms with E-state index in [0.717, 1.165) is 12.1 Å². The van der Waals surface area contributed by atoms with E-state index >= 15 is 0 Å². The fraction of sp³-hybridized carbons (Fsp3) is 0.240. The molecule has 1 spiro atoms. The molecule has 2 aliphatic rings. The number of hydrogen-bond acceptors (Lipinski definition) is 1. The molecule has 0 heterocycles. The monoisotopic (exact) mass is 353 g/mol. The van der Waals surface area contributed by atoms with Crippen molar-refractivity contribution in [2.75, 3.05) is 5.32 Å². The number of nitrogens with one attached hydrogen (secondary N) is 1. The molecule has 1 fully saturated rings. The zero-order valence-electron chi connectivity index (χ0n) is 15.7. The fourth-order valence-corrected chi connectivity index (χ4v) is 4.71. The van der Waals surface area contributed by atoms with Crippen LogP contribution < -0.4 is 5.32 Å². The summed E-state index contributed by atoms with van der Waals surface area (Å²) in [5.41, 5.74) is 7.20. The summed E-state index contributed by atoms with van der Waals surface area (Å²) < 4.78 is 0. The molecule has 3 aromatic rings. The molecule has 2 aliphatic carbocycles. The molecule has 2 nitrogen and oxygen atoms in total. The number of carbonyl (C=O) groups excluding carboxylic acids is 1. The Morgan fingerprint density at radius 2 is 1.44 bits per heavy atom. The normalized spacial score (nSPS) is 18.3. The van der Waals surface area contributed by atoms with Crippen LogP contribution in [0, 0.1) is 5.92 Å². The third kappa shape index (κ3) is 2.36. The van der Waals surface area contributed by atoms with Crippen LogP contribution in [0.1, 0.15) is 42.9 Å². The van der Waals surface area contributed by atoms with Crippen LogP contribution in [0.2, 0.25) is 0 Å². The van der Waals surface area contributed by atoms with Crippen molar-refractivity contribution in [2.24, 2.45) is 5.92 Å². The lowest BCUT2D eigenvalue weighted by Gasteiger charge is -2.14. The van der Waals surface area contributed by atoms with Crippen LogP contribution in [0.4, 0.5) is 5.69 Å². The van der Waals surface area contributed by atoms with Crippen LogP contribution in [-0.2, 0) is 10.2 Å². The number of rotatable bonds is 3. The van der Waals surface area contributed by atoms with Gasteiger partial charge in [-0.25, -0.2) is 0 Å². The van der Waals surface area contributed by atoms with E-state index in [-0.39, 0.29) is 17.2 Å². The van der Waals surface area contributed by atoms with Gasteiger partial charge in [-0.1, -0.05) is 74.5 Å². The minimum absolute atomic E-state index is 0.00734. The standard InChI is InChI=1S/C25H23NO/c1-16(2)17-11-13-18(14-12-17)26-24(27)23-15-25(23)21-9-5-3-7-19(21)20-8-4-6-10-22(20)25/h3-14,16,23H,15H2,1-2H3,(H,26,27). The summed E-state index contributed by atoms with van der Waals surface area (Å²) in [5, 5.41) is 3.14. The topological polar surface area (TPSA) is 29.1 Å². The largest absolute Gasteiger partial charge is 0.326 e. The highest BCUT2D eigenvalue weighted by Gasteiger charge is 2.63. The summed E-state index contributed by atoms with van der Waals surface area (Å²) in [4.78, 5) is 13.1. The molecule has 1 N–H and O–H groups in total. The van der Waals surface area contributed by atoms with Crippen molar-refractivity contribution in [3.05, 3.63) is 89.5 Å². The van der Waals surface area contributed by atoms with Crippen molar-refractivity contribution in [3.8, 4) is 11.1 Å². The lowest BCUT2D eigenvalue weighted by atomic mass is 9.90. The van der Waals surface area contributed by atoms with Crippen LogP contribution in [0.5, 0.6) is 0 Å². The molecule has 27 heavy (non-hydrogen) atoms. The highest BCUT2D eigenvalue weighted by molar-refractivity contribution is 5.99. The molecule has 134 valence electrons. The molecule has 0 bridgehead atoms. The Morgan fingerprint density at radius 3 is 2.00 bits per heavy atom. The SMILES string of the molecule is CC(C)c1ccc(NC(=O)C2CC23c2ccccc2-c2ccccc23)cc1. The molecular formula is C25H23NO. The van der Waals surface area contributed by atoms with Gasteiger partial charge in [-0.3, -0.25) is 4.79 Å². The van der Waals surface area contributed by atoms with Crippen molar-refractivity contribution in [3.63, 3.8) is 0 Å². The first-order chi connectivity index (χ1) is 13.1. The summed E-state index contributed by atoms with van der Waals surface area (Å²) in [6.45, 7) is 4.35. The molecule has 0 aromatic heterocycles. The maximum atomic E-state index is 13.1. The van der Waals surface area contributed by atoms with Crippen molar-refractivity contribution in [2.45, 2.75) is 31.6 Å². The van der Waals surface area contributed by atoms with E-state index in [4.69, 9.17) is 0 Å². The van der Waals surface area contributed by atoms with E-state index in [1.54, 1.807) is 0 Å². The van der Waals surface area contributed by atoms with Crippen LogP contribution in [0.15, 0.2) is 72.8 Å². The molecular weight excluding hydrogens is 330 g/mol. The van der Waals surface area contributed by atoms with E-state index in [2.05, 4.69) is 79.8 Å². The average Bonchev–Trinajstić information content (AvgIpc) is 3.38. The highest BCUT2D eigenvalue weighted by Crippen LogP contribution is 2.66. The quantitative estimate of drug-likeness (QED) is 0.639. The van der Waals surface area contributed by atoms with Crippen LogP contribution in [-0.4, -0.2) is 5.91 Å². The number of fused-ring (bicyclic) bond motifs is 5. The van der Waals surface area contributed by atoms with E-state index in [0.29, 0.717) is 5.92 Å². The van der Waals surface area contributed by atoms with Crippen molar-refractivity contribution >= 4 is 11.6 Å². The van der Waals surface area contributed by atoms with E-state index in [1.807, 2.05) is 12.1 Å². The molecule has 1 saturated carbocycles. The molecule has 1 amide bonds. The van der Waals surface area contributed by atoms with Crippen molar-refractivity contribution in [1.82, 2.24) is 0 Å². The summed E-state index contributed by atoms with van der Waals surface area (Å²) >= 11 is 0. The van der Waals surface area contributed by atoms with Gasteiger partial charge < -0.3 is 5.32 Å². The van der Waals surface area contributed by atoms with Crippen molar-refractivity contribution in [1.29, 1.82) is 0 Å². The number of benzene rings is 3. The van der Waals surface area contributed by atoms with Gasteiger partial charge in [0.2, 0.25) is 5.91 Å². The maximum absolute atomic E-state index is 13.1. The molecule has 2 heteroatoms. The zero-order chi connectivity index (χ0) is 18.6. The first-order valence-corrected chi connectivity index (χ1v) is 9.71. The van der Waals surface area contributed by atoms with Gasteiger partial charge in [0.15, 0.2) is 0 Å². The Bertz CT molecular complexity index is 987. The summed E-state index contributed by atoms with van der Waals surface area (Å²) in [7, 11) is 0. The van der Waals surface area contributed by atoms with Crippen LogP contribution in [0.3, 0.4) is 0 Å². The van der Waals surface area contributed by atoms with E-state index in [1.165, 1.54) is 27.8 Å². The summed E-state index contributed by atoms with van der Waals surface area (Å²) in [5.74, 6) is 0.610. The third-order valence-corrected chi connectivity index (χ3v) is 6.23. The molecule has 1 atom stereocenters. The number of carbonyl (C=O) groups is 1. The Balaban J connectivity index is 1.45. The van der Waals surface area contributed by atoms with Gasteiger partial charge >= 0.3 is 0 Å². The average molecular weight is 353 g/mol. The van der Waals surface area contributed by atoms with E-state index in [9.17, 15) is 4.79 Å². The van der Waals surface area contributed by atoms with Crippen LogP contribution in [0.25, 0.3) is 11.1 Å². The minimum atomic E-state index is -0.144. The predicted molar refractivity (Wildman–Crippen MR) is 110 cm³/mol. The zero-order valence-corrected chi connectivity index (χ0v) is 15.7. The fourth-order valence-electron chi connectivity index (χ4n) is 4.71. The number of amides is 1. The second-order valence-electron chi connectivity index (χ2n) is 8.09. The minimum Gasteiger partial charge on any atom is -0.326 e.